The zero-order valence-electron chi connectivity index (χ0n) is 13.4. The van der Waals surface area contributed by atoms with E-state index in [1.54, 1.807) is 24.3 Å². The molecule has 1 aliphatic rings. The van der Waals surface area contributed by atoms with Gasteiger partial charge in [0.1, 0.15) is 6.61 Å². The Kier molecular flexibility index (Phi) is 3.61. The van der Waals surface area contributed by atoms with Crippen LogP contribution in [0.1, 0.15) is 5.56 Å². The summed E-state index contributed by atoms with van der Waals surface area (Å²) in [4.78, 5) is 15.1. The Hall–Kier alpha value is -3.35. The molecule has 1 atom stereocenters. The number of nitrogens with one attached hydrogen (secondary N) is 1. The number of carbonyl (C=O) groups is 1. The van der Waals surface area contributed by atoms with Crippen molar-refractivity contribution in [1.29, 1.82) is 0 Å². The molecular formula is C18H15N3O4. The summed E-state index contributed by atoms with van der Waals surface area (Å²) in [7, 11) is 0. The molecule has 25 heavy (non-hydrogen) atoms. The number of fused-ring (bicyclic) bond motifs is 2. The second-order valence-electron chi connectivity index (χ2n) is 5.72. The summed E-state index contributed by atoms with van der Waals surface area (Å²) in [6.45, 7) is 1.98. The van der Waals surface area contributed by atoms with Gasteiger partial charge in [-0.2, -0.15) is 0 Å². The molecule has 1 aromatic heterocycles. The van der Waals surface area contributed by atoms with Gasteiger partial charge in [0.25, 0.3) is 0 Å². The molecule has 126 valence electrons. The van der Waals surface area contributed by atoms with Gasteiger partial charge in [-0.3, -0.25) is 4.79 Å². The third-order valence-corrected chi connectivity index (χ3v) is 4.03. The van der Waals surface area contributed by atoms with E-state index >= 15 is 0 Å². The number of rotatable bonds is 2. The van der Waals surface area contributed by atoms with Gasteiger partial charge in [-0.25, -0.2) is 0 Å². The van der Waals surface area contributed by atoms with Crippen LogP contribution >= 0.6 is 0 Å². The zero-order chi connectivity index (χ0) is 17.4. The van der Waals surface area contributed by atoms with E-state index in [0.717, 1.165) is 11.1 Å². The molecule has 0 radical (unpaired) electrons. The Balaban J connectivity index is 1.58. The van der Waals surface area contributed by atoms with Crippen molar-refractivity contribution in [2.75, 3.05) is 6.61 Å². The maximum Gasteiger partial charge on any atom is 0.308 e. The molecule has 7 nitrogen and oxygen atoms in total. The van der Waals surface area contributed by atoms with Gasteiger partial charge in [-0.05, 0) is 24.6 Å². The minimum atomic E-state index is -0.868. The van der Waals surface area contributed by atoms with E-state index in [1.807, 2.05) is 25.1 Å². The summed E-state index contributed by atoms with van der Waals surface area (Å²) < 4.78 is 11.1. The maximum absolute atomic E-state index is 12.3. The number of benzene rings is 2. The topological polar surface area (TPSA) is 96.3 Å². The lowest BCUT2D eigenvalue weighted by Gasteiger charge is -2.23. The Bertz CT molecular complexity index is 993. The number of aromatic amines is 1. The Labute approximate surface area is 142 Å². The molecule has 7 heteroatoms. The third-order valence-electron chi connectivity index (χ3n) is 4.03. The molecule has 4 rings (SSSR count). The summed E-state index contributed by atoms with van der Waals surface area (Å²) in [6.07, 6.45) is -0.868. The Morgan fingerprint density at radius 3 is 2.84 bits per heavy atom. The molecular weight excluding hydrogens is 322 g/mol. The van der Waals surface area contributed by atoms with Crippen molar-refractivity contribution in [2.45, 2.75) is 13.0 Å². The van der Waals surface area contributed by atoms with Crippen molar-refractivity contribution in [2.24, 2.45) is 10.2 Å². The van der Waals surface area contributed by atoms with Crippen molar-refractivity contribution in [3.63, 3.8) is 0 Å². The van der Waals surface area contributed by atoms with Crippen molar-refractivity contribution in [3.05, 3.63) is 48.0 Å². The average Bonchev–Trinajstić information content (AvgIpc) is 2.96. The monoisotopic (exact) mass is 337 g/mol. The number of para-hydroxylation sites is 3. The van der Waals surface area contributed by atoms with Crippen LogP contribution in [0.3, 0.4) is 0 Å². The number of amides is 1. The lowest BCUT2D eigenvalue weighted by atomic mass is 10.1. The SMILES string of the molecule is Cc1cccc2c(N=NC(=O)C3COc4ccccc4O3)c(O)[nH]c12. The summed E-state index contributed by atoms with van der Waals surface area (Å²) in [5.41, 5.74) is 1.94. The third kappa shape index (κ3) is 2.69. The lowest BCUT2D eigenvalue weighted by Crippen LogP contribution is -2.35. The van der Waals surface area contributed by atoms with Gasteiger partial charge in [0.05, 0.1) is 5.52 Å². The minimum absolute atomic E-state index is 0.0633. The van der Waals surface area contributed by atoms with Crippen LogP contribution in [0.15, 0.2) is 52.7 Å². The minimum Gasteiger partial charge on any atom is -0.493 e. The van der Waals surface area contributed by atoms with Crippen LogP contribution in [0.2, 0.25) is 0 Å². The average molecular weight is 337 g/mol. The molecule has 0 saturated carbocycles. The summed E-state index contributed by atoms with van der Waals surface area (Å²) in [5, 5.41) is 18.4. The van der Waals surface area contributed by atoms with Crippen LogP contribution in [0.4, 0.5) is 5.69 Å². The first-order valence-corrected chi connectivity index (χ1v) is 7.78. The highest BCUT2D eigenvalue weighted by Crippen LogP contribution is 2.37. The number of aryl methyl sites for hydroxylation is 1. The second-order valence-corrected chi connectivity index (χ2v) is 5.72. The quantitative estimate of drug-likeness (QED) is 0.698. The molecule has 1 unspecified atom stereocenters. The fraction of sp³-hybridized carbons (Fsp3) is 0.167. The summed E-state index contributed by atoms with van der Waals surface area (Å²) in [5.74, 6) is 0.379. The highest BCUT2D eigenvalue weighted by Gasteiger charge is 2.27. The Morgan fingerprint density at radius 1 is 1.20 bits per heavy atom. The highest BCUT2D eigenvalue weighted by molar-refractivity contribution is 5.96. The molecule has 2 heterocycles. The fourth-order valence-corrected chi connectivity index (χ4v) is 2.74. The van der Waals surface area contributed by atoms with E-state index in [1.165, 1.54) is 0 Å². The predicted octanol–water partition coefficient (Wildman–Crippen LogP) is 3.63. The van der Waals surface area contributed by atoms with Crippen LogP contribution in [-0.2, 0) is 4.79 Å². The number of hydrogen-bond donors (Lipinski definition) is 2. The van der Waals surface area contributed by atoms with Crippen LogP contribution in [0, 0.1) is 6.92 Å². The first kappa shape index (κ1) is 15.2. The maximum atomic E-state index is 12.3. The van der Waals surface area contributed by atoms with Crippen LogP contribution in [-0.4, -0.2) is 28.7 Å². The van der Waals surface area contributed by atoms with Gasteiger partial charge in [0.2, 0.25) is 12.0 Å². The zero-order valence-corrected chi connectivity index (χ0v) is 13.4. The van der Waals surface area contributed by atoms with Gasteiger partial charge in [0.15, 0.2) is 17.2 Å². The highest BCUT2D eigenvalue weighted by atomic mass is 16.6. The standard InChI is InChI=1S/C18H15N3O4/c1-10-5-4-6-11-15(10)19-18(23)16(11)20-21-17(22)14-9-24-12-7-2-3-8-13(12)25-14/h2-8,14,19,23H,9H2,1H3. The summed E-state index contributed by atoms with van der Waals surface area (Å²) in [6, 6.07) is 12.7. The van der Waals surface area contributed by atoms with Crippen molar-refractivity contribution < 1.29 is 19.4 Å². The number of aromatic nitrogens is 1. The van der Waals surface area contributed by atoms with Gasteiger partial charge >= 0.3 is 5.91 Å². The van der Waals surface area contributed by atoms with Gasteiger partial charge < -0.3 is 19.6 Å². The normalized spacial score (nSPS) is 16.4. The molecule has 3 aromatic rings. The number of nitrogens with zero attached hydrogens (tertiary/aromatic N) is 2. The number of hydrogen-bond acceptors (Lipinski definition) is 5. The predicted molar refractivity (Wildman–Crippen MR) is 90.6 cm³/mol. The first-order chi connectivity index (χ1) is 12.1. The molecule has 2 N–H and O–H groups in total. The smallest absolute Gasteiger partial charge is 0.308 e. The van der Waals surface area contributed by atoms with E-state index < -0.39 is 12.0 Å². The van der Waals surface area contributed by atoms with Crippen LogP contribution in [0.5, 0.6) is 17.4 Å². The van der Waals surface area contributed by atoms with E-state index in [4.69, 9.17) is 9.47 Å². The van der Waals surface area contributed by atoms with E-state index in [9.17, 15) is 9.90 Å². The van der Waals surface area contributed by atoms with E-state index in [2.05, 4.69) is 15.2 Å². The molecule has 1 amide bonds. The number of aromatic hydroxyl groups is 1. The van der Waals surface area contributed by atoms with Crippen molar-refractivity contribution >= 4 is 22.5 Å². The van der Waals surface area contributed by atoms with Crippen molar-refractivity contribution in [3.8, 4) is 17.4 Å². The lowest BCUT2D eigenvalue weighted by molar-refractivity contribution is -0.127. The Morgan fingerprint density at radius 2 is 2.00 bits per heavy atom. The van der Waals surface area contributed by atoms with Gasteiger partial charge in [-0.1, -0.05) is 30.3 Å². The van der Waals surface area contributed by atoms with E-state index in [-0.39, 0.29) is 18.2 Å². The van der Waals surface area contributed by atoms with Gasteiger partial charge in [-0.15, -0.1) is 10.2 Å². The molecule has 0 bridgehead atoms. The molecule has 0 aliphatic carbocycles. The van der Waals surface area contributed by atoms with Crippen molar-refractivity contribution in [1.82, 2.24) is 4.98 Å². The molecule has 0 saturated heterocycles. The number of azo groups is 1. The fourth-order valence-electron chi connectivity index (χ4n) is 2.74. The molecule has 1 aliphatic heterocycles. The van der Waals surface area contributed by atoms with Crippen LogP contribution in [0.25, 0.3) is 10.9 Å². The largest absolute Gasteiger partial charge is 0.493 e. The summed E-state index contributed by atoms with van der Waals surface area (Å²) >= 11 is 0. The second kappa shape index (κ2) is 5.94. The number of carbonyl (C=O) groups excluding carboxylic acids is 1. The van der Waals surface area contributed by atoms with Gasteiger partial charge in [0, 0.05) is 5.39 Å². The molecule has 2 aromatic carbocycles. The molecule has 0 fully saturated rings. The van der Waals surface area contributed by atoms with E-state index in [0.29, 0.717) is 16.9 Å². The number of H-pyrrole nitrogens is 1. The van der Waals surface area contributed by atoms with Crippen LogP contribution < -0.4 is 9.47 Å². The molecule has 0 spiro atoms. The number of ether oxygens (including phenoxy) is 2. The first-order valence-electron chi connectivity index (χ1n) is 7.78.